The third-order valence-electron chi connectivity index (χ3n) is 3.89. The predicted molar refractivity (Wildman–Crippen MR) is 102 cm³/mol. The van der Waals surface area contributed by atoms with Gasteiger partial charge in [0, 0.05) is 36.7 Å². The Morgan fingerprint density at radius 1 is 1.11 bits per heavy atom. The summed E-state index contributed by atoms with van der Waals surface area (Å²) in [5.74, 6) is 0.868. The molecule has 0 unspecified atom stereocenters. The minimum Gasteiger partial charge on any atom is -0.496 e. The molecule has 7 heteroatoms. The van der Waals surface area contributed by atoms with Gasteiger partial charge in [0.05, 0.1) is 7.11 Å². The lowest BCUT2D eigenvalue weighted by Gasteiger charge is -2.11. The van der Waals surface area contributed by atoms with Crippen molar-refractivity contribution in [1.82, 2.24) is 20.3 Å². The predicted octanol–water partition coefficient (Wildman–Crippen LogP) is 2.73. The molecule has 27 heavy (non-hydrogen) atoms. The molecule has 0 aliphatic carbocycles. The second kappa shape index (κ2) is 8.75. The van der Waals surface area contributed by atoms with E-state index in [0.717, 1.165) is 16.9 Å². The fourth-order valence-corrected chi connectivity index (χ4v) is 2.56. The van der Waals surface area contributed by atoms with Gasteiger partial charge in [-0.05, 0) is 30.7 Å². The minimum atomic E-state index is -0.268. The Hall–Kier alpha value is -3.48. The van der Waals surface area contributed by atoms with Crippen LogP contribution in [0.25, 0.3) is 0 Å². The Balaban J connectivity index is 1.66. The van der Waals surface area contributed by atoms with Crippen LogP contribution in [0.3, 0.4) is 0 Å². The summed E-state index contributed by atoms with van der Waals surface area (Å²) < 4.78 is 5.30. The topological polar surface area (TPSA) is 89.0 Å². The van der Waals surface area contributed by atoms with Crippen molar-refractivity contribution in [2.24, 2.45) is 0 Å². The third kappa shape index (κ3) is 5.01. The highest BCUT2D eigenvalue weighted by molar-refractivity contribution is 5.92. The first-order chi connectivity index (χ1) is 13.2. The molecule has 7 nitrogen and oxygen atoms in total. The highest BCUT2D eigenvalue weighted by atomic mass is 16.5. The van der Waals surface area contributed by atoms with Gasteiger partial charge < -0.3 is 15.4 Å². The zero-order chi connectivity index (χ0) is 19.1. The molecule has 3 aromatic rings. The van der Waals surface area contributed by atoms with E-state index in [-0.39, 0.29) is 5.91 Å². The summed E-state index contributed by atoms with van der Waals surface area (Å²) in [5, 5.41) is 6.00. The number of aryl methyl sites for hydroxylation is 1. The van der Waals surface area contributed by atoms with Crippen molar-refractivity contribution >= 4 is 11.9 Å². The van der Waals surface area contributed by atoms with E-state index < -0.39 is 0 Å². The molecule has 3 rings (SSSR count). The van der Waals surface area contributed by atoms with Crippen LogP contribution >= 0.6 is 0 Å². The number of carbonyl (C=O) groups excluding carboxylic acids is 1. The van der Waals surface area contributed by atoms with Crippen LogP contribution < -0.4 is 15.4 Å². The molecule has 1 amide bonds. The first-order valence-electron chi connectivity index (χ1n) is 8.54. The van der Waals surface area contributed by atoms with Gasteiger partial charge in [0.25, 0.3) is 5.91 Å². The molecule has 1 aromatic carbocycles. The number of hydrogen-bond donors (Lipinski definition) is 2. The molecular weight excluding hydrogens is 342 g/mol. The van der Waals surface area contributed by atoms with Crippen molar-refractivity contribution in [3.8, 4) is 5.75 Å². The second-order valence-corrected chi connectivity index (χ2v) is 5.93. The summed E-state index contributed by atoms with van der Waals surface area (Å²) in [6, 6.07) is 13.0. The summed E-state index contributed by atoms with van der Waals surface area (Å²) in [6.45, 7) is 2.71. The molecule has 0 bridgehead atoms. The lowest BCUT2D eigenvalue weighted by Crippen LogP contribution is -2.24. The first kappa shape index (κ1) is 18.3. The molecule has 0 saturated heterocycles. The maximum atomic E-state index is 12.5. The Morgan fingerprint density at radius 3 is 2.74 bits per heavy atom. The van der Waals surface area contributed by atoms with Crippen LogP contribution in [0.1, 0.15) is 27.3 Å². The molecule has 2 heterocycles. The summed E-state index contributed by atoms with van der Waals surface area (Å²) >= 11 is 0. The zero-order valence-electron chi connectivity index (χ0n) is 15.3. The van der Waals surface area contributed by atoms with Crippen LogP contribution in [0.5, 0.6) is 5.75 Å². The number of para-hydroxylation sites is 1. The monoisotopic (exact) mass is 363 g/mol. The Morgan fingerprint density at radius 2 is 1.96 bits per heavy atom. The molecular formula is C20H21N5O2. The average Bonchev–Trinajstić information content (AvgIpc) is 2.71. The fraction of sp³-hybridized carbons (Fsp3) is 0.200. The van der Waals surface area contributed by atoms with Crippen LogP contribution in [0.2, 0.25) is 0 Å². The van der Waals surface area contributed by atoms with Gasteiger partial charge in [0.2, 0.25) is 5.95 Å². The average molecular weight is 363 g/mol. The van der Waals surface area contributed by atoms with E-state index in [1.165, 1.54) is 0 Å². The first-order valence-corrected chi connectivity index (χ1v) is 8.54. The van der Waals surface area contributed by atoms with Crippen molar-refractivity contribution in [2.45, 2.75) is 20.0 Å². The number of methoxy groups -OCH3 is 1. The maximum Gasteiger partial charge on any atom is 0.270 e. The van der Waals surface area contributed by atoms with Gasteiger partial charge >= 0.3 is 0 Å². The number of aromatic nitrogens is 3. The van der Waals surface area contributed by atoms with Crippen LogP contribution in [0.4, 0.5) is 5.95 Å². The van der Waals surface area contributed by atoms with Crippen molar-refractivity contribution in [1.29, 1.82) is 0 Å². The molecule has 0 fully saturated rings. The summed E-state index contributed by atoms with van der Waals surface area (Å²) in [6.07, 6.45) is 3.49. The Labute approximate surface area is 157 Å². The molecule has 0 aliphatic heterocycles. The van der Waals surface area contributed by atoms with E-state index in [9.17, 15) is 4.79 Å². The van der Waals surface area contributed by atoms with Gasteiger partial charge in [0.1, 0.15) is 11.4 Å². The molecule has 0 atom stereocenters. The lowest BCUT2D eigenvalue weighted by atomic mass is 10.2. The van der Waals surface area contributed by atoms with Crippen molar-refractivity contribution in [2.75, 3.05) is 12.4 Å². The van der Waals surface area contributed by atoms with Gasteiger partial charge in [-0.1, -0.05) is 24.3 Å². The lowest BCUT2D eigenvalue weighted by molar-refractivity contribution is 0.0945. The third-order valence-corrected chi connectivity index (χ3v) is 3.89. The fourth-order valence-electron chi connectivity index (χ4n) is 2.56. The number of benzene rings is 1. The highest BCUT2D eigenvalue weighted by Gasteiger charge is 2.11. The zero-order valence-corrected chi connectivity index (χ0v) is 15.3. The van der Waals surface area contributed by atoms with Crippen LogP contribution in [0.15, 0.2) is 54.9 Å². The normalized spacial score (nSPS) is 10.3. The molecule has 138 valence electrons. The summed E-state index contributed by atoms with van der Waals surface area (Å²) in [5.41, 5.74) is 2.92. The molecule has 0 saturated carbocycles. The number of carbonyl (C=O) groups is 1. The number of pyridine rings is 1. The molecule has 2 N–H and O–H groups in total. The van der Waals surface area contributed by atoms with E-state index in [0.29, 0.717) is 30.4 Å². The van der Waals surface area contributed by atoms with Gasteiger partial charge in [0.15, 0.2) is 0 Å². The molecule has 0 aliphatic rings. The summed E-state index contributed by atoms with van der Waals surface area (Å²) in [4.78, 5) is 25.2. The van der Waals surface area contributed by atoms with Crippen molar-refractivity contribution in [3.05, 3.63) is 77.4 Å². The number of hydrogen-bond acceptors (Lipinski definition) is 6. The molecule has 2 aromatic heterocycles. The van der Waals surface area contributed by atoms with Crippen LogP contribution in [-0.4, -0.2) is 28.0 Å². The number of amides is 1. The van der Waals surface area contributed by atoms with E-state index >= 15 is 0 Å². The largest absolute Gasteiger partial charge is 0.496 e. The highest BCUT2D eigenvalue weighted by Crippen LogP contribution is 2.17. The maximum absolute atomic E-state index is 12.5. The van der Waals surface area contributed by atoms with E-state index in [2.05, 4.69) is 25.6 Å². The number of nitrogens with zero attached hydrogens (tertiary/aromatic N) is 3. The number of nitrogens with one attached hydrogen (secondary N) is 2. The van der Waals surface area contributed by atoms with Gasteiger partial charge in [-0.3, -0.25) is 9.78 Å². The Kier molecular flexibility index (Phi) is 5.94. The SMILES string of the molecule is COc1ccccc1CNC(=O)c1cc(C)nc(NCc2cccnc2)n1. The smallest absolute Gasteiger partial charge is 0.270 e. The minimum absolute atomic E-state index is 0.268. The number of anilines is 1. The van der Waals surface area contributed by atoms with E-state index in [1.807, 2.05) is 43.3 Å². The van der Waals surface area contributed by atoms with Crippen molar-refractivity contribution in [3.63, 3.8) is 0 Å². The molecule has 0 radical (unpaired) electrons. The van der Waals surface area contributed by atoms with Gasteiger partial charge in [-0.15, -0.1) is 0 Å². The molecule has 0 spiro atoms. The van der Waals surface area contributed by atoms with Gasteiger partial charge in [-0.25, -0.2) is 9.97 Å². The van der Waals surface area contributed by atoms with Crippen molar-refractivity contribution < 1.29 is 9.53 Å². The van der Waals surface area contributed by atoms with E-state index in [4.69, 9.17) is 4.74 Å². The van der Waals surface area contributed by atoms with Crippen LogP contribution in [0, 0.1) is 6.92 Å². The quantitative estimate of drug-likeness (QED) is 0.671. The second-order valence-electron chi connectivity index (χ2n) is 5.93. The van der Waals surface area contributed by atoms with E-state index in [1.54, 1.807) is 25.6 Å². The van der Waals surface area contributed by atoms with Gasteiger partial charge in [-0.2, -0.15) is 0 Å². The summed E-state index contributed by atoms with van der Waals surface area (Å²) in [7, 11) is 1.61. The number of ether oxygens (including phenoxy) is 1. The standard InChI is InChI=1S/C20H21N5O2/c1-14-10-17(19(26)22-13-16-7-3-4-8-18(16)27-2)25-20(24-14)23-12-15-6-5-9-21-11-15/h3-11H,12-13H2,1-2H3,(H,22,26)(H,23,24,25). The number of rotatable bonds is 7. The van der Waals surface area contributed by atoms with Crippen LogP contribution in [-0.2, 0) is 13.1 Å². The Bertz CT molecular complexity index is 915.